The molecule has 11 nitrogen and oxygen atoms in total. The van der Waals surface area contributed by atoms with Crippen LogP contribution in [0.15, 0.2) is 30.5 Å². The van der Waals surface area contributed by atoms with Gasteiger partial charge < -0.3 is 24.1 Å². The summed E-state index contributed by atoms with van der Waals surface area (Å²) in [6.07, 6.45) is -5.41. The van der Waals surface area contributed by atoms with E-state index in [1.807, 2.05) is 0 Å². The minimum atomic E-state index is -4.70. The van der Waals surface area contributed by atoms with E-state index in [9.17, 15) is 26.4 Å². The highest BCUT2D eigenvalue weighted by molar-refractivity contribution is 7.87. The number of para-hydroxylation sites is 1. The van der Waals surface area contributed by atoms with Gasteiger partial charge in [0.15, 0.2) is 11.5 Å². The Labute approximate surface area is 229 Å². The number of benzene rings is 1. The second kappa shape index (κ2) is 14.5. The molecule has 0 atom stereocenters. The summed E-state index contributed by atoms with van der Waals surface area (Å²) in [5.41, 5.74) is -1.11. The molecule has 218 valence electrons. The highest BCUT2D eigenvalue weighted by atomic mass is 35.5. The van der Waals surface area contributed by atoms with Crippen LogP contribution in [-0.2, 0) is 21.1 Å². The average Bonchev–Trinajstić information content (AvgIpc) is 2.85. The molecule has 1 amide bonds. The fourth-order valence-electron chi connectivity index (χ4n) is 2.90. The Hall–Kier alpha value is -2.85. The number of pyridine rings is 1. The van der Waals surface area contributed by atoms with Gasteiger partial charge in [-0.05, 0) is 38.5 Å². The molecule has 1 aromatic heterocycles. The van der Waals surface area contributed by atoms with Crippen molar-refractivity contribution in [2.24, 2.45) is 0 Å². The number of nitrogens with one attached hydrogen (secondary N) is 1. The zero-order valence-electron chi connectivity index (χ0n) is 21.3. The summed E-state index contributed by atoms with van der Waals surface area (Å²) in [5, 5.41) is 8.65. The Bertz CT molecular complexity index is 1220. The zero-order valence-corrected chi connectivity index (χ0v) is 22.9. The van der Waals surface area contributed by atoms with Crippen LogP contribution in [0.4, 0.5) is 18.0 Å². The Morgan fingerprint density at radius 2 is 1.92 bits per heavy atom. The molecular formula is C23H29ClF3N3O8S. The first-order valence-electron chi connectivity index (χ1n) is 11.7. The van der Waals surface area contributed by atoms with E-state index in [-0.39, 0.29) is 50.3 Å². The summed E-state index contributed by atoms with van der Waals surface area (Å²) in [4.78, 5) is 16.7. The molecule has 0 radical (unpaired) electrons. The summed E-state index contributed by atoms with van der Waals surface area (Å²) in [6.45, 7) is 4.24. The first-order valence-corrected chi connectivity index (χ1v) is 13.5. The molecule has 39 heavy (non-hydrogen) atoms. The third-order valence-electron chi connectivity index (χ3n) is 4.58. The summed E-state index contributed by atoms with van der Waals surface area (Å²) in [6, 6.07) is 4.61. The maximum absolute atomic E-state index is 13.1. The van der Waals surface area contributed by atoms with Gasteiger partial charge in [-0.25, -0.2) is 9.78 Å². The van der Waals surface area contributed by atoms with Gasteiger partial charge in [0.25, 0.3) is 0 Å². The van der Waals surface area contributed by atoms with Crippen molar-refractivity contribution in [3.8, 4) is 23.1 Å². The number of nitrogens with zero attached hydrogens (tertiary/aromatic N) is 2. The third-order valence-corrected chi connectivity index (χ3v) is 6.33. The minimum absolute atomic E-state index is 0.0582. The Kier molecular flexibility index (Phi) is 12.0. The molecule has 0 aliphatic rings. The van der Waals surface area contributed by atoms with Gasteiger partial charge in [0.1, 0.15) is 11.6 Å². The van der Waals surface area contributed by atoms with Crippen LogP contribution in [0.5, 0.6) is 23.1 Å². The SMILES string of the molecule is CCCN(C(=O)Oc1c(OCCO)cccc1Oc1ncc(C(F)(F)F)cc1Cl)S(=O)(=O)NCCOC(C)C. The normalized spacial score (nSPS) is 11.9. The fraction of sp³-hybridized carbons (Fsp3) is 0.478. The van der Waals surface area contributed by atoms with Gasteiger partial charge in [0.05, 0.1) is 24.9 Å². The number of aromatic nitrogens is 1. The summed E-state index contributed by atoms with van der Waals surface area (Å²) in [5.74, 6) is -1.29. The quantitative estimate of drug-likeness (QED) is 0.303. The number of ether oxygens (including phenoxy) is 4. The van der Waals surface area contributed by atoms with Crippen molar-refractivity contribution in [2.45, 2.75) is 39.5 Å². The molecule has 0 aliphatic heterocycles. The van der Waals surface area contributed by atoms with Crippen LogP contribution in [-0.4, -0.2) is 67.9 Å². The monoisotopic (exact) mass is 599 g/mol. The van der Waals surface area contributed by atoms with E-state index in [0.717, 1.165) is 0 Å². The first kappa shape index (κ1) is 32.4. The predicted molar refractivity (Wildman–Crippen MR) is 134 cm³/mol. The van der Waals surface area contributed by atoms with Gasteiger partial charge in [-0.15, -0.1) is 0 Å². The molecule has 0 saturated heterocycles. The molecule has 2 aromatic rings. The summed E-state index contributed by atoms with van der Waals surface area (Å²) >= 11 is 5.93. The van der Waals surface area contributed by atoms with E-state index >= 15 is 0 Å². The number of hydrogen-bond acceptors (Lipinski definition) is 9. The molecule has 1 heterocycles. The topological polar surface area (TPSA) is 137 Å². The van der Waals surface area contributed by atoms with Crippen molar-refractivity contribution in [1.29, 1.82) is 0 Å². The molecule has 0 unspecified atom stereocenters. The number of aliphatic hydroxyl groups is 1. The van der Waals surface area contributed by atoms with Crippen LogP contribution in [0.25, 0.3) is 0 Å². The fourth-order valence-corrected chi connectivity index (χ4v) is 4.26. The van der Waals surface area contributed by atoms with E-state index in [1.54, 1.807) is 20.8 Å². The lowest BCUT2D eigenvalue weighted by Crippen LogP contribution is -2.47. The summed E-state index contributed by atoms with van der Waals surface area (Å²) in [7, 11) is -4.36. The number of hydrogen-bond donors (Lipinski definition) is 2. The largest absolute Gasteiger partial charge is 0.487 e. The molecule has 0 aliphatic carbocycles. The number of carbonyl (C=O) groups is 1. The Balaban J connectivity index is 2.38. The van der Waals surface area contributed by atoms with E-state index in [0.29, 0.717) is 16.6 Å². The number of rotatable bonds is 14. The zero-order chi connectivity index (χ0) is 29.2. The van der Waals surface area contributed by atoms with Crippen molar-refractivity contribution in [1.82, 2.24) is 14.0 Å². The Morgan fingerprint density at radius 1 is 1.23 bits per heavy atom. The van der Waals surface area contributed by atoms with Gasteiger partial charge in [-0.3, -0.25) is 0 Å². The molecule has 16 heteroatoms. The smallest absolute Gasteiger partial charge is 0.430 e. The number of halogens is 4. The van der Waals surface area contributed by atoms with Crippen molar-refractivity contribution in [3.05, 3.63) is 41.0 Å². The number of carbonyl (C=O) groups excluding carboxylic acids is 1. The van der Waals surface area contributed by atoms with Crippen molar-refractivity contribution in [3.63, 3.8) is 0 Å². The molecule has 1 aromatic carbocycles. The lowest BCUT2D eigenvalue weighted by molar-refractivity contribution is -0.137. The van der Waals surface area contributed by atoms with Gasteiger partial charge in [0.2, 0.25) is 11.6 Å². The van der Waals surface area contributed by atoms with E-state index in [2.05, 4.69) is 9.71 Å². The highest BCUT2D eigenvalue weighted by Gasteiger charge is 2.33. The van der Waals surface area contributed by atoms with Gasteiger partial charge >= 0.3 is 22.5 Å². The van der Waals surface area contributed by atoms with Crippen LogP contribution < -0.4 is 18.9 Å². The minimum Gasteiger partial charge on any atom is -0.487 e. The van der Waals surface area contributed by atoms with Crippen LogP contribution in [0.3, 0.4) is 0 Å². The lowest BCUT2D eigenvalue weighted by atomic mass is 10.2. The Morgan fingerprint density at radius 3 is 2.51 bits per heavy atom. The number of amides is 1. The lowest BCUT2D eigenvalue weighted by Gasteiger charge is -2.23. The molecule has 0 saturated carbocycles. The molecular weight excluding hydrogens is 571 g/mol. The van der Waals surface area contributed by atoms with E-state index in [4.69, 9.17) is 35.7 Å². The van der Waals surface area contributed by atoms with E-state index in [1.165, 1.54) is 18.2 Å². The first-order chi connectivity index (χ1) is 18.3. The molecule has 2 rings (SSSR count). The van der Waals surface area contributed by atoms with Crippen LogP contribution in [0, 0.1) is 0 Å². The van der Waals surface area contributed by atoms with Crippen molar-refractivity contribution in [2.75, 3.05) is 32.9 Å². The summed E-state index contributed by atoms with van der Waals surface area (Å²) < 4.78 is 88.9. The molecule has 2 N–H and O–H groups in total. The third kappa shape index (κ3) is 9.69. The number of alkyl halides is 3. The average molecular weight is 600 g/mol. The van der Waals surface area contributed by atoms with Crippen molar-refractivity contribution >= 4 is 27.9 Å². The predicted octanol–water partition coefficient (Wildman–Crippen LogP) is 4.39. The van der Waals surface area contributed by atoms with Crippen LogP contribution in [0.1, 0.15) is 32.8 Å². The van der Waals surface area contributed by atoms with Crippen molar-refractivity contribution < 1.29 is 50.4 Å². The van der Waals surface area contributed by atoms with Gasteiger partial charge in [-0.2, -0.15) is 30.6 Å². The number of aliphatic hydroxyl groups excluding tert-OH is 1. The van der Waals surface area contributed by atoms with Gasteiger partial charge in [-0.1, -0.05) is 24.6 Å². The standard InChI is InChI=1S/C23H29ClF3N3O8S/c1-4-9-30(39(33,34)29-8-11-35-15(2)3)22(32)38-20-18(36-12-10-31)6-5-7-19(20)37-21-17(24)13-16(14-28-21)23(25,26)27/h5-7,13-15,29,31H,4,8-12H2,1-3H3. The van der Waals surface area contributed by atoms with E-state index < -0.39 is 51.3 Å². The van der Waals surface area contributed by atoms with Gasteiger partial charge in [0, 0.05) is 19.3 Å². The molecule has 0 bridgehead atoms. The second-order valence-corrected chi connectivity index (χ2v) is 10.1. The second-order valence-electron chi connectivity index (χ2n) is 8.03. The highest BCUT2D eigenvalue weighted by Crippen LogP contribution is 2.42. The molecule has 0 fully saturated rings. The maximum Gasteiger partial charge on any atom is 0.430 e. The molecule has 0 spiro atoms. The van der Waals surface area contributed by atoms with Crippen LogP contribution >= 0.6 is 11.6 Å². The maximum atomic E-state index is 13.1. The van der Waals surface area contributed by atoms with Crippen LogP contribution in [0.2, 0.25) is 5.02 Å².